The molecule has 0 bridgehead atoms. The smallest absolute Gasteiger partial charge is 0.191 e. The van der Waals surface area contributed by atoms with Crippen molar-refractivity contribution in [3.63, 3.8) is 0 Å². The molecule has 5 nitrogen and oxygen atoms in total. The minimum atomic E-state index is -1.77. The number of oxime groups is 1. The van der Waals surface area contributed by atoms with Crippen molar-refractivity contribution >= 4 is 14.5 Å². The highest BCUT2D eigenvalue weighted by molar-refractivity contribution is 6.74. The van der Waals surface area contributed by atoms with E-state index in [1.807, 2.05) is 18.2 Å². The lowest BCUT2D eigenvalue weighted by Gasteiger charge is -2.38. The van der Waals surface area contributed by atoms with E-state index in [0.717, 1.165) is 18.4 Å². The van der Waals surface area contributed by atoms with E-state index in [1.54, 1.807) is 20.4 Å². The van der Waals surface area contributed by atoms with Gasteiger partial charge in [-0.1, -0.05) is 40.7 Å². The van der Waals surface area contributed by atoms with E-state index in [0.29, 0.717) is 18.1 Å². The molecule has 1 N–H and O–H groups in total. The Labute approximate surface area is 172 Å². The lowest BCUT2D eigenvalue weighted by Crippen LogP contribution is -2.41. The van der Waals surface area contributed by atoms with Crippen molar-refractivity contribution in [2.45, 2.75) is 71.0 Å². The summed E-state index contributed by atoms with van der Waals surface area (Å²) >= 11 is 0. The van der Waals surface area contributed by atoms with Crippen LogP contribution in [0.1, 0.15) is 53.0 Å². The molecule has 0 saturated heterocycles. The van der Waals surface area contributed by atoms with Crippen LogP contribution in [0.4, 0.5) is 0 Å². The molecule has 0 heterocycles. The molecule has 0 saturated carbocycles. The second-order valence-electron chi connectivity index (χ2n) is 9.22. The van der Waals surface area contributed by atoms with E-state index >= 15 is 0 Å². The molecule has 160 valence electrons. The van der Waals surface area contributed by atoms with Gasteiger partial charge < -0.3 is 19.1 Å². The summed E-state index contributed by atoms with van der Waals surface area (Å²) in [5.41, 5.74) is 0.635. The summed E-state index contributed by atoms with van der Waals surface area (Å²) in [5, 5.41) is 13.1. The van der Waals surface area contributed by atoms with Crippen LogP contribution >= 0.6 is 0 Å². The van der Waals surface area contributed by atoms with E-state index in [-0.39, 0.29) is 11.0 Å². The Bertz CT molecular complexity index is 652. The minimum absolute atomic E-state index is 0.193. The van der Waals surface area contributed by atoms with Crippen LogP contribution in [-0.4, -0.2) is 40.6 Å². The Morgan fingerprint density at radius 1 is 1.11 bits per heavy atom. The number of hydrogen-bond acceptors (Lipinski definition) is 5. The maximum absolute atomic E-state index is 9.42. The van der Waals surface area contributed by atoms with Gasteiger partial charge >= 0.3 is 0 Å². The molecular weight excluding hydrogens is 370 g/mol. The molecule has 1 aromatic carbocycles. The van der Waals surface area contributed by atoms with Crippen LogP contribution in [0.5, 0.6) is 11.5 Å². The predicted molar refractivity (Wildman–Crippen MR) is 119 cm³/mol. The normalized spacial score (nSPS) is 15.1. The average Bonchev–Trinajstić information content (AvgIpc) is 2.62. The Kier molecular flexibility index (Phi) is 8.57. The molecule has 0 aliphatic rings. The number of ether oxygens (including phenoxy) is 2. The van der Waals surface area contributed by atoms with Gasteiger partial charge in [0.1, 0.15) is 0 Å². The quantitative estimate of drug-likeness (QED) is 0.173. The summed E-state index contributed by atoms with van der Waals surface area (Å²) in [6.45, 7) is 16.3. The van der Waals surface area contributed by atoms with Gasteiger partial charge in [0.25, 0.3) is 0 Å². The molecule has 0 aliphatic carbocycles. The summed E-state index contributed by atoms with van der Waals surface area (Å²) < 4.78 is 17.2. The monoisotopic (exact) mass is 409 g/mol. The third-order valence-corrected chi connectivity index (χ3v) is 10.8. The molecule has 28 heavy (non-hydrogen) atoms. The third-order valence-electron chi connectivity index (χ3n) is 6.24. The fourth-order valence-electron chi connectivity index (χ4n) is 3.19. The first-order valence-electron chi connectivity index (χ1n) is 10.00. The number of nitrogens with zero attached hydrogens (tertiary/aromatic N) is 1. The molecule has 1 aromatic rings. The van der Waals surface area contributed by atoms with Gasteiger partial charge in [-0.05, 0) is 54.6 Å². The van der Waals surface area contributed by atoms with Crippen LogP contribution in [0.25, 0.3) is 0 Å². The molecule has 0 radical (unpaired) electrons. The van der Waals surface area contributed by atoms with E-state index in [1.165, 1.54) is 0 Å². The molecule has 1 rings (SSSR count). The maximum atomic E-state index is 9.42. The van der Waals surface area contributed by atoms with Crippen molar-refractivity contribution in [2.75, 3.05) is 20.8 Å². The zero-order valence-corrected chi connectivity index (χ0v) is 20.1. The largest absolute Gasteiger partial charge is 0.493 e. The van der Waals surface area contributed by atoms with Crippen molar-refractivity contribution in [1.82, 2.24) is 0 Å². The average molecular weight is 410 g/mol. The van der Waals surface area contributed by atoms with Crippen molar-refractivity contribution in [3.05, 3.63) is 23.8 Å². The summed E-state index contributed by atoms with van der Waals surface area (Å²) in [7, 11) is 1.48. The fourth-order valence-corrected chi connectivity index (χ4v) is 4.28. The van der Waals surface area contributed by atoms with Gasteiger partial charge in [-0.3, -0.25) is 0 Å². The fraction of sp³-hybridized carbons (Fsp3) is 0.682. The minimum Gasteiger partial charge on any atom is -0.493 e. The van der Waals surface area contributed by atoms with Crippen LogP contribution in [0.3, 0.4) is 0 Å². The van der Waals surface area contributed by atoms with Crippen molar-refractivity contribution < 1.29 is 19.1 Å². The number of rotatable bonds is 10. The van der Waals surface area contributed by atoms with Crippen molar-refractivity contribution in [1.29, 1.82) is 0 Å². The summed E-state index contributed by atoms with van der Waals surface area (Å²) in [6.07, 6.45) is 3.36. The Hall–Kier alpha value is -1.53. The first-order chi connectivity index (χ1) is 12.9. The highest BCUT2D eigenvalue weighted by Gasteiger charge is 2.38. The van der Waals surface area contributed by atoms with Crippen LogP contribution < -0.4 is 9.47 Å². The van der Waals surface area contributed by atoms with Gasteiger partial charge in [0.05, 0.1) is 20.4 Å². The number of methoxy groups -OCH3 is 2. The molecule has 0 aliphatic heterocycles. The van der Waals surface area contributed by atoms with E-state index < -0.39 is 13.7 Å². The Morgan fingerprint density at radius 2 is 1.71 bits per heavy atom. The van der Waals surface area contributed by atoms with E-state index in [4.69, 9.17) is 13.9 Å². The molecule has 0 unspecified atom stereocenters. The van der Waals surface area contributed by atoms with Gasteiger partial charge in [0.2, 0.25) is 0 Å². The summed E-state index contributed by atoms with van der Waals surface area (Å²) in [5.74, 6) is 1.59. The second-order valence-corrected chi connectivity index (χ2v) is 14.0. The third kappa shape index (κ3) is 5.51. The standard InChI is InChI=1S/C22H39NO4Si/c1-17(2)22(16-23-24,13-10-14-27-28(8,9)21(3,4)5)18-11-12-19(25-6)20(15-18)26-7/h11-12,15-17,24H,10,13-14H2,1-9H3/t22-/m0/s1. The summed E-state index contributed by atoms with van der Waals surface area (Å²) in [6, 6.07) is 5.91. The maximum Gasteiger partial charge on any atom is 0.191 e. The topological polar surface area (TPSA) is 60.3 Å². The predicted octanol–water partition coefficient (Wildman–Crippen LogP) is 5.86. The first kappa shape index (κ1) is 24.5. The zero-order valence-electron chi connectivity index (χ0n) is 19.1. The van der Waals surface area contributed by atoms with E-state index in [9.17, 15) is 5.21 Å². The number of hydrogen-bond donors (Lipinski definition) is 1. The lowest BCUT2D eigenvalue weighted by molar-refractivity contribution is 0.255. The van der Waals surface area contributed by atoms with Gasteiger partial charge in [0.15, 0.2) is 19.8 Å². The molecule has 6 heteroatoms. The van der Waals surface area contributed by atoms with Gasteiger partial charge in [-0.2, -0.15) is 0 Å². The van der Waals surface area contributed by atoms with Crippen LogP contribution in [0.2, 0.25) is 18.1 Å². The molecule has 0 amide bonds. The molecular formula is C22H39NO4Si. The van der Waals surface area contributed by atoms with Gasteiger partial charge in [-0.15, -0.1) is 5.16 Å². The first-order valence-corrected chi connectivity index (χ1v) is 12.9. The summed E-state index contributed by atoms with van der Waals surface area (Å²) in [4.78, 5) is 0. The Balaban J connectivity index is 3.10. The molecule has 0 aromatic heterocycles. The molecule has 0 fully saturated rings. The number of benzene rings is 1. The van der Waals surface area contributed by atoms with Crippen LogP contribution in [-0.2, 0) is 9.84 Å². The second kappa shape index (κ2) is 9.79. The van der Waals surface area contributed by atoms with Gasteiger partial charge in [0, 0.05) is 12.0 Å². The zero-order chi connectivity index (χ0) is 21.6. The highest BCUT2D eigenvalue weighted by Crippen LogP contribution is 2.40. The van der Waals surface area contributed by atoms with Crippen LogP contribution in [0.15, 0.2) is 23.4 Å². The van der Waals surface area contributed by atoms with Crippen molar-refractivity contribution in [3.8, 4) is 11.5 Å². The molecule has 1 atom stereocenters. The van der Waals surface area contributed by atoms with Gasteiger partial charge in [-0.25, -0.2) is 0 Å². The van der Waals surface area contributed by atoms with Crippen molar-refractivity contribution in [2.24, 2.45) is 11.1 Å². The van der Waals surface area contributed by atoms with E-state index in [2.05, 4.69) is 52.9 Å². The van der Waals surface area contributed by atoms with Crippen LogP contribution in [0, 0.1) is 5.92 Å². The lowest BCUT2D eigenvalue weighted by atomic mass is 9.69. The SMILES string of the molecule is COc1ccc([C@](C=NO)(CCCO[Si](C)(C)C(C)(C)C)C(C)C)cc1OC. The Morgan fingerprint density at radius 3 is 2.18 bits per heavy atom. The highest BCUT2D eigenvalue weighted by atomic mass is 28.4. The molecule has 0 spiro atoms.